The lowest BCUT2D eigenvalue weighted by Gasteiger charge is -2.27. The summed E-state index contributed by atoms with van der Waals surface area (Å²) in [4.78, 5) is 2.36. The van der Waals surface area contributed by atoms with E-state index < -0.39 is 0 Å². The quantitative estimate of drug-likeness (QED) is 0.172. The largest absolute Gasteiger partial charge is 0.456 e. The van der Waals surface area contributed by atoms with Gasteiger partial charge in [0, 0.05) is 50.1 Å². The number of para-hydroxylation sites is 3. The number of rotatable bonds is 6. The molecule has 3 heteroatoms. The first-order chi connectivity index (χ1) is 27.3. The van der Waals surface area contributed by atoms with Gasteiger partial charge in [-0.3, -0.25) is 0 Å². The van der Waals surface area contributed by atoms with E-state index >= 15 is 0 Å². The minimum Gasteiger partial charge on any atom is -0.456 e. The van der Waals surface area contributed by atoms with E-state index in [-0.39, 0.29) is 0 Å². The lowest BCUT2D eigenvalue weighted by Crippen LogP contribution is -2.10. The highest BCUT2D eigenvalue weighted by atomic mass is 16.3. The number of hydrogen-bond donors (Lipinski definition) is 0. The standard InChI is InChI=1S/C52H34N2O/c1-2-12-35(13-3-1)36-22-28-39(29-23-36)53(49-34-51-52(45-17-5-4-16-44(45)49)46-18-8-11-21-50(46)55-51)40-30-24-37(25-31-40)38-26-32-41(33-27-38)54-47-19-9-6-14-42(47)43-15-7-10-20-48(43)54/h1-34H. The van der Waals surface area contributed by atoms with Crippen molar-refractivity contribution < 1.29 is 4.42 Å². The van der Waals surface area contributed by atoms with Gasteiger partial charge in [-0.1, -0.05) is 146 Å². The van der Waals surface area contributed by atoms with Gasteiger partial charge in [-0.25, -0.2) is 0 Å². The van der Waals surface area contributed by atoms with Crippen LogP contribution < -0.4 is 4.90 Å². The predicted molar refractivity (Wildman–Crippen MR) is 231 cm³/mol. The Labute approximate surface area is 318 Å². The summed E-state index contributed by atoms with van der Waals surface area (Å²) in [6.45, 7) is 0. The molecule has 55 heavy (non-hydrogen) atoms. The summed E-state index contributed by atoms with van der Waals surface area (Å²) in [5.74, 6) is 0. The van der Waals surface area contributed by atoms with Gasteiger partial charge in [0.1, 0.15) is 11.2 Å². The lowest BCUT2D eigenvalue weighted by atomic mass is 10.00. The summed E-state index contributed by atoms with van der Waals surface area (Å²) in [5, 5.41) is 7.15. The number of fused-ring (bicyclic) bond motifs is 8. The normalized spacial score (nSPS) is 11.6. The Bertz CT molecular complexity index is 3120. The van der Waals surface area contributed by atoms with Crippen LogP contribution in [0.3, 0.4) is 0 Å². The molecule has 258 valence electrons. The molecule has 0 aliphatic heterocycles. The summed E-state index contributed by atoms with van der Waals surface area (Å²) >= 11 is 0. The van der Waals surface area contributed by atoms with E-state index in [9.17, 15) is 0 Å². The number of benzene rings is 9. The molecular formula is C52H34N2O. The van der Waals surface area contributed by atoms with Gasteiger partial charge >= 0.3 is 0 Å². The predicted octanol–water partition coefficient (Wildman–Crippen LogP) is 14.6. The zero-order valence-corrected chi connectivity index (χ0v) is 29.9. The highest BCUT2D eigenvalue weighted by molar-refractivity contribution is 6.22. The SMILES string of the molecule is c1ccc(-c2ccc(N(c3ccc(-c4ccc(-n5c6ccccc6c6ccccc65)cc4)cc3)c3cc4oc5ccccc5c4c4ccccc34)cc2)cc1. The highest BCUT2D eigenvalue weighted by Crippen LogP contribution is 2.45. The summed E-state index contributed by atoms with van der Waals surface area (Å²) < 4.78 is 8.90. The second-order valence-corrected chi connectivity index (χ2v) is 14.1. The van der Waals surface area contributed by atoms with Crippen molar-refractivity contribution in [2.75, 3.05) is 4.90 Å². The van der Waals surface area contributed by atoms with Crippen molar-refractivity contribution in [3.8, 4) is 27.9 Å². The molecule has 0 atom stereocenters. The summed E-state index contributed by atoms with van der Waals surface area (Å²) in [7, 11) is 0. The average molecular weight is 703 g/mol. The van der Waals surface area contributed by atoms with Crippen LogP contribution in [0.5, 0.6) is 0 Å². The van der Waals surface area contributed by atoms with Crippen LogP contribution in [0.1, 0.15) is 0 Å². The molecular weight excluding hydrogens is 669 g/mol. The molecule has 0 radical (unpaired) electrons. The molecule has 0 spiro atoms. The molecule has 0 saturated heterocycles. The third-order valence-electron chi connectivity index (χ3n) is 11.0. The van der Waals surface area contributed by atoms with Crippen molar-refractivity contribution >= 4 is 71.6 Å². The zero-order chi connectivity index (χ0) is 36.3. The molecule has 0 fully saturated rings. The van der Waals surface area contributed by atoms with Crippen LogP contribution >= 0.6 is 0 Å². The van der Waals surface area contributed by atoms with E-state index in [2.05, 4.69) is 210 Å². The molecule has 0 aliphatic carbocycles. The van der Waals surface area contributed by atoms with Gasteiger partial charge < -0.3 is 13.9 Å². The maximum absolute atomic E-state index is 6.53. The molecule has 11 aromatic rings. The molecule has 2 aromatic heterocycles. The summed E-state index contributed by atoms with van der Waals surface area (Å²) in [6, 6.07) is 73.8. The van der Waals surface area contributed by atoms with Gasteiger partial charge in [0.15, 0.2) is 0 Å². The Kier molecular flexibility index (Phi) is 7.17. The Morgan fingerprint density at radius 3 is 1.40 bits per heavy atom. The zero-order valence-electron chi connectivity index (χ0n) is 29.9. The second-order valence-electron chi connectivity index (χ2n) is 14.1. The molecule has 0 aliphatic rings. The molecule has 0 bridgehead atoms. The molecule has 9 aromatic carbocycles. The molecule has 2 heterocycles. The first kappa shape index (κ1) is 31.2. The van der Waals surface area contributed by atoms with Crippen molar-refractivity contribution in [2.45, 2.75) is 0 Å². The Hall–Kier alpha value is -7.36. The summed E-state index contributed by atoms with van der Waals surface area (Å²) in [6.07, 6.45) is 0. The summed E-state index contributed by atoms with van der Waals surface area (Å²) in [5.41, 5.74) is 13.3. The first-order valence-corrected chi connectivity index (χ1v) is 18.8. The fourth-order valence-electron chi connectivity index (χ4n) is 8.42. The Morgan fingerprint density at radius 1 is 0.345 bits per heavy atom. The van der Waals surface area contributed by atoms with E-state index in [1.54, 1.807) is 0 Å². The fraction of sp³-hybridized carbons (Fsp3) is 0. The van der Waals surface area contributed by atoms with Crippen LogP contribution in [0.4, 0.5) is 17.1 Å². The third kappa shape index (κ3) is 5.13. The number of furan rings is 1. The van der Waals surface area contributed by atoms with Crippen molar-refractivity contribution in [1.29, 1.82) is 0 Å². The van der Waals surface area contributed by atoms with Crippen molar-refractivity contribution in [2.24, 2.45) is 0 Å². The molecule has 3 nitrogen and oxygen atoms in total. The number of anilines is 3. The van der Waals surface area contributed by atoms with E-state index in [0.717, 1.165) is 50.3 Å². The molecule has 0 saturated carbocycles. The van der Waals surface area contributed by atoms with Gasteiger partial charge in [0.05, 0.1) is 16.7 Å². The molecule has 0 amide bonds. The minimum absolute atomic E-state index is 0.876. The Morgan fingerprint density at radius 2 is 0.800 bits per heavy atom. The van der Waals surface area contributed by atoms with E-state index in [0.29, 0.717) is 0 Å². The average Bonchev–Trinajstić information content (AvgIpc) is 3.81. The van der Waals surface area contributed by atoms with E-state index in [1.807, 2.05) is 6.07 Å². The van der Waals surface area contributed by atoms with Crippen LogP contribution in [-0.2, 0) is 0 Å². The van der Waals surface area contributed by atoms with Crippen LogP contribution in [0.25, 0.3) is 82.5 Å². The van der Waals surface area contributed by atoms with Gasteiger partial charge in [0.25, 0.3) is 0 Å². The van der Waals surface area contributed by atoms with Crippen molar-refractivity contribution in [3.63, 3.8) is 0 Å². The maximum Gasteiger partial charge on any atom is 0.138 e. The molecule has 0 N–H and O–H groups in total. The molecule has 11 rings (SSSR count). The fourth-order valence-corrected chi connectivity index (χ4v) is 8.42. The van der Waals surface area contributed by atoms with Crippen LogP contribution in [0, 0.1) is 0 Å². The van der Waals surface area contributed by atoms with Crippen molar-refractivity contribution in [3.05, 3.63) is 206 Å². The number of aromatic nitrogens is 1. The van der Waals surface area contributed by atoms with Crippen LogP contribution in [-0.4, -0.2) is 4.57 Å². The van der Waals surface area contributed by atoms with E-state index in [4.69, 9.17) is 4.42 Å². The van der Waals surface area contributed by atoms with Crippen molar-refractivity contribution in [1.82, 2.24) is 4.57 Å². The maximum atomic E-state index is 6.53. The smallest absolute Gasteiger partial charge is 0.138 e. The van der Waals surface area contributed by atoms with Gasteiger partial charge in [-0.15, -0.1) is 0 Å². The monoisotopic (exact) mass is 702 g/mol. The second kappa shape index (κ2) is 12.6. The third-order valence-corrected chi connectivity index (χ3v) is 11.0. The van der Waals surface area contributed by atoms with Crippen LogP contribution in [0.15, 0.2) is 211 Å². The highest BCUT2D eigenvalue weighted by Gasteiger charge is 2.20. The number of hydrogen-bond acceptors (Lipinski definition) is 2. The van der Waals surface area contributed by atoms with Gasteiger partial charge in [0.2, 0.25) is 0 Å². The number of nitrogens with zero attached hydrogens (tertiary/aromatic N) is 2. The Balaban J connectivity index is 1.02. The first-order valence-electron chi connectivity index (χ1n) is 18.8. The van der Waals surface area contributed by atoms with E-state index in [1.165, 1.54) is 49.3 Å². The van der Waals surface area contributed by atoms with Gasteiger partial charge in [-0.05, 0) is 82.2 Å². The molecule has 0 unspecified atom stereocenters. The topological polar surface area (TPSA) is 21.3 Å². The van der Waals surface area contributed by atoms with Gasteiger partial charge in [-0.2, -0.15) is 0 Å². The van der Waals surface area contributed by atoms with Crippen LogP contribution in [0.2, 0.25) is 0 Å². The lowest BCUT2D eigenvalue weighted by molar-refractivity contribution is 0.669. The minimum atomic E-state index is 0.876.